The lowest BCUT2D eigenvalue weighted by molar-refractivity contribution is 0.587. The predicted octanol–water partition coefficient (Wildman–Crippen LogP) is 4.38. The number of benzene rings is 1. The molecule has 0 aliphatic heterocycles. The van der Waals surface area contributed by atoms with E-state index in [1.807, 2.05) is 32.9 Å². The van der Waals surface area contributed by atoms with Gasteiger partial charge in [0.1, 0.15) is 5.82 Å². The lowest BCUT2D eigenvalue weighted by Crippen LogP contribution is -1.99. The molecule has 1 rings (SSSR count). The maximum absolute atomic E-state index is 13.7. The van der Waals surface area contributed by atoms with E-state index in [9.17, 15) is 4.39 Å². The molecule has 0 saturated carbocycles. The van der Waals surface area contributed by atoms with Crippen molar-refractivity contribution in [1.82, 2.24) is 0 Å². The molecule has 0 heterocycles. The van der Waals surface area contributed by atoms with Crippen molar-refractivity contribution in [1.29, 1.82) is 0 Å². The second-order valence-electron chi connectivity index (χ2n) is 4.55. The number of hydrogen-bond donors (Lipinski definition) is 0. The zero-order valence-electron chi connectivity index (χ0n) is 9.69. The lowest BCUT2D eigenvalue weighted by atomic mass is 9.93. The molecule has 0 aliphatic carbocycles. The minimum absolute atomic E-state index is 0.0376. The summed E-state index contributed by atoms with van der Waals surface area (Å²) in [5, 5.41) is 0. The minimum Gasteiger partial charge on any atom is -0.206 e. The molecule has 0 aromatic heterocycles. The first-order valence-corrected chi connectivity index (χ1v) is 5.23. The molecule has 78 valence electrons. The Morgan fingerprint density at radius 2 is 1.57 bits per heavy atom. The van der Waals surface area contributed by atoms with Crippen LogP contribution in [0.4, 0.5) is 4.39 Å². The van der Waals surface area contributed by atoms with Crippen LogP contribution in [0.3, 0.4) is 0 Å². The maximum atomic E-state index is 13.7. The largest absolute Gasteiger partial charge is 0.206 e. The van der Waals surface area contributed by atoms with Crippen molar-refractivity contribution >= 4 is 0 Å². The zero-order valence-corrected chi connectivity index (χ0v) is 9.69. The molecule has 0 radical (unpaired) electrons. The summed E-state index contributed by atoms with van der Waals surface area (Å²) in [6.07, 6.45) is 0. The van der Waals surface area contributed by atoms with Gasteiger partial charge in [-0.15, -0.1) is 0 Å². The first-order chi connectivity index (χ1) is 6.43. The summed E-state index contributed by atoms with van der Waals surface area (Å²) in [6, 6.07) is 3.95. The van der Waals surface area contributed by atoms with E-state index in [2.05, 4.69) is 13.8 Å². The summed E-state index contributed by atoms with van der Waals surface area (Å²) in [7, 11) is 0. The average molecular weight is 194 g/mol. The molecular formula is C13H19F. The highest BCUT2D eigenvalue weighted by molar-refractivity contribution is 5.34. The van der Waals surface area contributed by atoms with E-state index in [0.717, 1.165) is 11.1 Å². The van der Waals surface area contributed by atoms with Gasteiger partial charge in [-0.25, -0.2) is 4.39 Å². The summed E-state index contributed by atoms with van der Waals surface area (Å²) >= 11 is 0. The van der Waals surface area contributed by atoms with Crippen LogP contribution in [0.1, 0.15) is 56.2 Å². The first kappa shape index (κ1) is 11.2. The van der Waals surface area contributed by atoms with Gasteiger partial charge in [-0.2, -0.15) is 0 Å². The molecule has 0 spiro atoms. The van der Waals surface area contributed by atoms with Gasteiger partial charge in [0, 0.05) is 0 Å². The molecule has 0 aliphatic rings. The van der Waals surface area contributed by atoms with Crippen molar-refractivity contribution in [3.63, 3.8) is 0 Å². The Bertz CT molecular complexity index is 324. The van der Waals surface area contributed by atoms with Gasteiger partial charge in [0.25, 0.3) is 0 Å². The number of halogens is 1. The second-order valence-corrected chi connectivity index (χ2v) is 4.55. The molecule has 0 nitrogen and oxygen atoms in total. The van der Waals surface area contributed by atoms with E-state index in [1.54, 1.807) is 0 Å². The standard InChI is InChI=1S/C13H19F/c1-8(2)11-6-10(5)13(14)12(7-11)9(3)4/h6-9H,1-5H3. The van der Waals surface area contributed by atoms with E-state index >= 15 is 0 Å². The van der Waals surface area contributed by atoms with Gasteiger partial charge in [0.2, 0.25) is 0 Å². The molecule has 1 aromatic carbocycles. The molecular weight excluding hydrogens is 175 g/mol. The van der Waals surface area contributed by atoms with Gasteiger partial charge in [-0.05, 0) is 35.4 Å². The van der Waals surface area contributed by atoms with Crippen molar-refractivity contribution in [3.8, 4) is 0 Å². The van der Waals surface area contributed by atoms with Crippen molar-refractivity contribution in [2.75, 3.05) is 0 Å². The number of hydrogen-bond acceptors (Lipinski definition) is 0. The van der Waals surface area contributed by atoms with E-state index in [1.165, 1.54) is 5.56 Å². The van der Waals surface area contributed by atoms with Gasteiger partial charge in [-0.1, -0.05) is 39.8 Å². The van der Waals surface area contributed by atoms with Crippen LogP contribution in [-0.4, -0.2) is 0 Å². The third kappa shape index (κ3) is 2.14. The molecule has 0 amide bonds. The topological polar surface area (TPSA) is 0 Å². The smallest absolute Gasteiger partial charge is 0.129 e. The Hall–Kier alpha value is -0.850. The van der Waals surface area contributed by atoms with Crippen molar-refractivity contribution < 1.29 is 4.39 Å². The number of rotatable bonds is 2. The van der Waals surface area contributed by atoms with Crippen LogP contribution < -0.4 is 0 Å². The highest BCUT2D eigenvalue weighted by Crippen LogP contribution is 2.26. The summed E-state index contributed by atoms with van der Waals surface area (Å²) in [4.78, 5) is 0. The van der Waals surface area contributed by atoms with E-state index in [0.29, 0.717) is 5.92 Å². The van der Waals surface area contributed by atoms with Gasteiger partial charge in [0.15, 0.2) is 0 Å². The highest BCUT2D eigenvalue weighted by Gasteiger charge is 2.12. The monoisotopic (exact) mass is 194 g/mol. The van der Waals surface area contributed by atoms with Crippen LogP contribution in [0.25, 0.3) is 0 Å². The molecule has 14 heavy (non-hydrogen) atoms. The Labute approximate surface area is 86.2 Å². The fourth-order valence-electron chi connectivity index (χ4n) is 1.58. The predicted molar refractivity (Wildman–Crippen MR) is 59.3 cm³/mol. The summed E-state index contributed by atoms with van der Waals surface area (Å²) in [6.45, 7) is 10.2. The molecule has 0 unspecified atom stereocenters. The second kappa shape index (κ2) is 4.12. The van der Waals surface area contributed by atoms with Gasteiger partial charge in [0.05, 0.1) is 0 Å². The van der Waals surface area contributed by atoms with Gasteiger partial charge in [-0.3, -0.25) is 0 Å². The summed E-state index contributed by atoms with van der Waals surface area (Å²) < 4.78 is 13.7. The molecule has 1 aromatic rings. The van der Waals surface area contributed by atoms with Crippen LogP contribution in [0.5, 0.6) is 0 Å². The fraction of sp³-hybridized carbons (Fsp3) is 0.538. The highest BCUT2D eigenvalue weighted by atomic mass is 19.1. The van der Waals surface area contributed by atoms with Crippen LogP contribution in [-0.2, 0) is 0 Å². The van der Waals surface area contributed by atoms with Crippen LogP contribution in [0.15, 0.2) is 12.1 Å². The summed E-state index contributed by atoms with van der Waals surface area (Å²) in [5.41, 5.74) is 2.83. The van der Waals surface area contributed by atoms with Crippen molar-refractivity contribution in [2.24, 2.45) is 0 Å². The molecule has 0 N–H and O–H groups in total. The van der Waals surface area contributed by atoms with Crippen molar-refractivity contribution in [3.05, 3.63) is 34.6 Å². The van der Waals surface area contributed by atoms with E-state index in [4.69, 9.17) is 0 Å². The first-order valence-electron chi connectivity index (χ1n) is 5.23. The van der Waals surface area contributed by atoms with Gasteiger partial charge < -0.3 is 0 Å². The number of aryl methyl sites for hydroxylation is 1. The molecule has 0 atom stereocenters. The van der Waals surface area contributed by atoms with E-state index in [-0.39, 0.29) is 11.7 Å². The Balaban J connectivity index is 3.28. The SMILES string of the molecule is Cc1cc(C(C)C)cc(C(C)C)c1F. The van der Waals surface area contributed by atoms with Crippen LogP contribution >= 0.6 is 0 Å². The lowest BCUT2D eigenvalue weighted by Gasteiger charge is -2.14. The molecule has 0 saturated heterocycles. The minimum atomic E-state index is -0.0376. The molecule has 0 bridgehead atoms. The average Bonchev–Trinajstić information content (AvgIpc) is 2.08. The van der Waals surface area contributed by atoms with Crippen LogP contribution in [0, 0.1) is 12.7 Å². The van der Waals surface area contributed by atoms with Gasteiger partial charge >= 0.3 is 0 Å². The molecule has 0 fully saturated rings. The summed E-state index contributed by atoms with van der Waals surface area (Å²) in [5.74, 6) is 0.684. The molecule has 1 heteroatoms. The zero-order chi connectivity index (χ0) is 10.9. The quantitative estimate of drug-likeness (QED) is 0.655. The Morgan fingerprint density at radius 1 is 1.00 bits per heavy atom. The van der Waals surface area contributed by atoms with Crippen molar-refractivity contribution in [2.45, 2.75) is 46.5 Å². The third-order valence-electron chi connectivity index (χ3n) is 2.59. The maximum Gasteiger partial charge on any atom is 0.129 e. The van der Waals surface area contributed by atoms with Crippen LogP contribution in [0.2, 0.25) is 0 Å². The third-order valence-corrected chi connectivity index (χ3v) is 2.59. The normalized spacial score (nSPS) is 11.4. The van der Waals surface area contributed by atoms with E-state index < -0.39 is 0 Å². The Kier molecular flexibility index (Phi) is 3.30. The fourth-order valence-corrected chi connectivity index (χ4v) is 1.58. The Morgan fingerprint density at radius 3 is 2.00 bits per heavy atom.